The van der Waals surface area contributed by atoms with Gasteiger partial charge in [-0.2, -0.15) is 15.0 Å². The van der Waals surface area contributed by atoms with Crippen molar-refractivity contribution in [3.8, 4) is 5.69 Å². The van der Waals surface area contributed by atoms with Crippen LogP contribution < -0.4 is 4.90 Å². The lowest BCUT2D eigenvalue weighted by molar-refractivity contribution is 0.0698. The Labute approximate surface area is 169 Å². The van der Waals surface area contributed by atoms with Gasteiger partial charge in [-0.25, -0.2) is 0 Å². The van der Waals surface area contributed by atoms with E-state index in [1.807, 2.05) is 37.4 Å². The molecule has 1 saturated heterocycles. The molecule has 148 valence electrons. The molecule has 3 heterocycles. The average molecular weight is 389 g/mol. The molecule has 0 bridgehead atoms. The zero-order valence-electron chi connectivity index (χ0n) is 16.4. The summed E-state index contributed by atoms with van der Waals surface area (Å²) < 4.78 is 0. The second kappa shape index (κ2) is 7.27. The maximum Gasteiger partial charge on any atom is 0.276 e. The van der Waals surface area contributed by atoms with E-state index >= 15 is 0 Å². The van der Waals surface area contributed by atoms with Gasteiger partial charge in [-0.15, -0.1) is 10.2 Å². The molecule has 0 unspecified atom stereocenters. The monoisotopic (exact) mass is 389 g/mol. The molecule has 1 aliphatic carbocycles. The highest BCUT2D eigenvalue weighted by Crippen LogP contribution is 2.26. The molecule has 1 amide bonds. The molecule has 0 atom stereocenters. The van der Waals surface area contributed by atoms with Crippen molar-refractivity contribution in [2.75, 3.05) is 25.0 Å². The molecule has 8 nitrogen and oxygen atoms in total. The number of rotatable bonds is 4. The minimum Gasteiger partial charge on any atom is -0.351 e. The molecule has 0 N–H and O–H groups in total. The van der Waals surface area contributed by atoms with Crippen LogP contribution in [0.4, 0.5) is 5.82 Å². The predicted molar refractivity (Wildman–Crippen MR) is 108 cm³/mol. The maximum atomic E-state index is 12.8. The van der Waals surface area contributed by atoms with E-state index in [0.717, 1.165) is 43.1 Å². The summed E-state index contributed by atoms with van der Waals surface area (Å²) in [5, 5.41) is 17.4. The third kappa shape index (κ3) is 3.35. The summed E-state index contributed by atoms with van der Waals surface area (Å²) in [6.07, 6.45) is 6.07. The Morgan fingerprint density at radius 1 is 1.10 bits per heavy atom. The quantitative estimate of drug-likeness (QED) is 0.678. The number of carbonyl (C=O) groups is 1. The van der Waals surface area contributed by atoms with E-state index in [9.17, 15) is 4.79 Å². The molecule has 0 spiro atoms. The number of para-hydroxylation sites is 1. The van der Waals surface area contributed by atoms with Crippen LogP contribution in [0.5, 0.6) is 0 Å². The van der Waals surface area contributed by atoms with Crippen LogP contribution in [0.3, 0.4) is 0 Å². The topological polar surface area (TPSA) is 80.0 Å². The van der Waals surface area contributed by atoms with Gasteiger partial charge in [0.15, 0.2) is 11.5 Å². The summed E-state index contributed by atoms with van der Waals surface area (Å²) in [5.41, 5.74) is 3.65. The number of nitrogens with zero attached hydrogens (tertiary/aromatic N) is 7. The number of anilines is 1. The zero-order chi connectivity index (χ0) is 19.8. The molecule has 8 heteroatoms. The Hall–Kier alpha value is -3.29. The first kappa shape index (κ1) is 17.8. The minimum atomic E-state index is -0.117. The fourth-order valence-electron chi connectivity index (χ4n) is 3.91. The summed E-state index contributed by atoms with van der Waals surface area (Å²) in [6.45, 7) is 1.51. The van der Waals surface area contributed by atoms with Gasteiger partial charge in [0.2, 0.25) is 0 Å². The predicted octanol–water partition coefficient (Wildman–Crippen LogP) is 1.90. The summed E-state index contributed by atoms with van der Waals surface area (Å²) in [7, 11) is 1.82. The molecule has 29 heavy (non-hydrogen) atoms. The van der Waals surface area contributed by atoms with Crippen LogP contribution in [0, 0.1) is 0 Å². The number of benzene rings is 1. The fraction of sp³-hybridized carbons (Fsp3) is 0.381. The summed E-state index contributed by atoms with van der Waals surface area (Å²) >= 11 is 0. The number of amides is 1. The van der Waals surface area contributed by atoms with Crippen molar-refractivity contribution in [1.29, 1.82) is 0 Å². The standard InChI is InChI=1S/C21H23N7O/c1-26(21(29)19-12-22-28(25-19)16-8-3-2-4-9-16)17-13-27(14-17)20-11-15-7-5-6-10-18(15)23-24-20/h2-4,8-9,11-12,17H,5-7,10,13-14H2,1H3. The number of aryl methyl sites for hydroxylation is 2. The number of hydrogen-bond acceptors (Lipinski definition) is 6. The Kier molecular flexibility index (Phi) is 4.46. The number of likely N-dealkylation sites (N-methyl/N-ethyl adjacent to an activating group) is 1. The lowest BCUT2D eigenvalue weighted by Gasteiger charge is -2.44. The van der Waals surface area contributed by atoms with Gasteiger partial charge in [0.25, 0.3) is 5.91 Å². The molecule has 2 aromatic heterocycles. The Balaban J connectivity index is 1.23. The molecule has 1 aliphatic heterocycles. The largest absolute Gasteiger partial charge is 0.351 e. The molecule has 0 saturated carbocycles. The molecule has 3 aromatic rings. The van der Waals surface area contributed by atoms with Crippen LogP contribution in [0.1, 0.15) is 34.6 Å². The molecule has 1 fully saturated rings. The lowest BCUT2D eigenvalue weighted by Crippen LogP contribution is -2.60. The van der Waals surface area contributed by atoms with E-state index in [4.69, 9.17) is 0 Å². The van der Waals surface area contributed by atoms with E-state index in [1.165, 1.54) is 29.4 Å². The molecule has 2 aliphatic rings. The van der Waals surface area contributed by atoms with E-state index in [-0.39, 0.29) is 11.9 Å². The first-order valence-corrected chi connectivity index (χ1v) is 10.0. The molecule has 5 rings (SSSR count). The van der Waals surface area contributed by atoms with E-state index in [1.54, 1.807) is 4.90 Å². The average Bonchev–Trinajstić information content (AvgIpc) is 3.23. The van der Waals surface area contributed by atoms with Gasteiger partial charge in [-0.05, 0) is 49.4 Å². The second-order valence-electron chi connectivity index (χ2n) is 7.71. The van der Waals surface area contributed by atoms with Crippen LogP contribution in [0.2, 0.25) is 0 Å². The first-order valence-electron chi connectivity index (χ1n) is 10.0. The third-order valence-corrected chi connectivity index (χ3v) is 5.81. The normalized spacial score (nSPS) is 16.2. The Morgan fingerprint density at radius 2 is 1.90 bits per heavy atom. The molecule has 0 radical (unpaired) electrons. The van der Waals surface area contributed by atoms with Gasteiger partial charge in [-0.3, -0.25) is 4.79 Å². The van der Waals surface area contributed by atoms with Gasteiger partial charge in [0.1, 0.15) is 0 Å². The SMILES string of the molecule is CN(C(=O)c1cnn(-c2ccccc2)n1)C1CN(c2cc3c(nn2)CCCC3)C1. The Bertz CT molecular complexity index is 1030. The second-order valence-corrected chi connectivity index (χ2v) is 7.71. The van der Waals surface area contributed by atoms with Crippen LogP contribution in [-0.4, -0.2) is 62.2 Å². The number of fused-ring (bicyclic) bond motifs is 1. The van der Waals surface area contributed by atoms with Crippen molar-refractivity contribution in [3.63, 3.8) is 0 Å². The van der Waals surface area contributed by atoms with Crippen molar-refractivity contribution in [2.45, 2.75) is 31.7 Å². The highest BCUT2D eigenvalue weighted by atomic mass is 16.2. The summed E-state index contributed by atoms with van der Waals surface area (Å²) in [6, 6.07) is 11.9. The van der Waals surface area contributed by atoms with E-state index in [2.05, 4.69) is 31.4 Å². The molecular weight excluding hydrogens is 366 g/mol. The maximum absolute atomic E-state index is 12.8. The van der Waals surface area contributed by atoms with Crippen molar-refractivity contribution in [1.82, 2.24) is 30.1 Å². The van der Waals surface area contributed by atoms with E-state index in [0.29, 0.717) is 5.69 Å². The van der Waals surface area contributed by atoms with Gasteiger partial charge in [-0.1, -0.05) is 18.2 Å². The minimum absolute atomic E-state index is 0.117. The van der Waals surface area contributed by atoms with Crippen LogP contribution in [0.15, 0.2) is 42.6 Å². The lowest BCUT2D eigenvalue weighted by atomic mass is 9.96. The highest BCUT2D eigenvalue weighted by molar-refractivity contribution is 5.92. The van der Waals surface area contributed by atoms with Crippen LogP contribution in [0.25, 0.3) is 5.69 Å². The van der Waals surface area contributed by atoms with Gasteiger partial charge >= 0.3 is 0 Å². The van der Waals surface area contributed by atoms with Gasteiger partial charge in [0.05, 0.1) is 23.6 Å². The molecule has 1 aromatic carbocycles. The van der Waals surface area contributed by atoms with Crippen molar-refractivity contribution in [2.24, 2.45) is 0 Å². The smallest absolute Gasteiger partial charge is 0.276 e. The number of aromatic nitrogens is 5. The van der Waals surface area contributed by atoms with Crippen molar-refractivity contribution in [3.05, 3.63) is 59.5 Å². The van der Waals surface area contributed by atoms with Crippen LogP contribution >= 0.6 is 0 Å². The number of hydrogen-bond donors (Lipinski definition) is 0. The van der Waals surface area contributed by atoms with Gasteiger partial charge in [0, 0.05) is 20.1 Å². The zero-order valence-corrected chi connectivity index (χ0v) is 16.4. The first-order chi connectivity index (χ1) is 14.2. The Morgan fingerprint density at radius 3 is 2.72 bits per heavy atom. The third-order valence-electron chi connectivity index (χ3n) is 5.81. The van der Waals surface area contributed by atoms with E-state index < -0.39 is 0 Å². The van der Waals surface area contributed by atoms with Crippen molar-refractivity contribution < 1.29 is 4.79 Å². The summed E-state index contributed by atoms with van der Waals surface area (Å²) in [5.74, 6) is 0.797. The highest BCUT2D eigenvalue weighted by Gasteiger charge is 2.35. The fourth-order valence-corrected chi connectivity index (χ4v) is 3.91. The summed E-state index contributed by atoms with van der Waals surface area (Å²) in [4.78, 5) is 18.2. The van der Waals surface area contributed by atoms with Gasteiger partial charge < -0.3 is 9.80 Å². The van der Waals surface area contributed by atoms with Crippen molar-refractivity contribution >= 4 is 11.7 Å². The number of carbonyl (C=O) groups excluding carboxylic acids is 1. The van der Waals surface area contributed by atoms with Crippen LogP contribution in [-0.2, 0) is 12.8 Å². The molecular formula is C21H23N7O.